The number of fused-ring (bicyclic) bond motifs is 2. The number of nitrogens with one attached hydrogen (secondary N) is 2. The number of rotatable bonds is 7. The molecule has 9 nitrogen and oxygen atoms in total. The number of alkyl halides is 3. The number of hydrogen-bond donors (Lipinski definition) is 2. The lowest BCUT2D eigenvalue weighted by atomic mass is 9.96. The van der Waals surface area contributed by atoms with Gasteiger partial charge in [0, 0.05) is 41.6 Å². The summed E-state index contributed by atoms with van der Waals surface area (Å²) >= 11 is 0. The number of pyridine rings is 2. The zero-order chi connectivity index (χ0) is 32.1. The molecule has 0 amide bonds. The van der Waals surface area contributed by atoms with Crippen molar-refractivity contribution in [3.05, 3.63) is 83.3 Å². The van der Waals surface area contributed by atoms with E-state index < -0.39 is 23.6 Å². The van der Waals surface area contributed by atoms with Gasteiger partial charge in [-0.25, -0.2) is 9.07 Å². The molecule has 2 N–H and O–H groups in total. The molecule has 0 unspecified atom stereocenters. The smallest absolute Gasteiger partial charge is 0.383 e. The van der Waals surface area contributed by atoms with Gasteiger partial charge in [-0.1, -0.05) is 32.1 Å². The summed E-state index contributed by atoms with van der Waals surface area (Å²) in [6.45, 7) is 6.62. The number of hydrogen-bond acceptors (Lipinski definition) is 8. The van der Waals surface area contributed by atoms with Crippen LogP contribution in [-0.4, -0.2) is 37.7 Å². The third-order valence-corrected chi connectivity index (χ3v) is 7.93. The molecule has 2 aromatic carbocycles. The fourth-order valence-electron chi connectivity index (χ4n) is 5.39. The van der Waals surface area contributed by atoms with E-state index in [4.69, 9.17) is 0 Å². The molecular weight excluding hydrogens is 586 g/mol. The Morgan fingerprint density at radius 3 is 2.42 bits per heavy atom. The molecule has 0 aliphatic heterocycles. The van der Waals surface area contributed by atoms with E-state index >= 15 is 0 Å². The van der Waals surface area contributed by atoms with Crippen molar-refractivity contribution in [1.82, 2.24) is 25.0 Å². The number of nitriles is 2. The summed E-state index contributed by atoms with van der Waals surface area (Å²) in [6.07, 6.45) is 0.790. The van der Waals surface area contributed by atoms with Gasteiger partial charge >= 0.3 is 6.18 Å². The average molecular weight is 614 g/mol. The van der Waals surface area contributed by atoms with E-state index in [2.05, 4.69) is 43.1 Å². The fraction of sp³-hybridized carbons (Fsp3) is 0.312. The van der Waals surface area contributed by atoms with Crippen LogP contribution in [0.3, 0.4) is 0 Å². The Balaban J connectivity index is 1.52. The van der Waals surface area contributed by atoms with Crippen LogP contribution < -0.4 is 10.6 Å². The minimum Gasteiger partial charge on any atom is -0.383 e. The molecule has 13 heteroatoms. The summed E-state index contributed by atoms with van der Waals surface area (Å²) in [4.78, 5) is 8.41. The third-order valence-electron chi connectivity index (χ3n) is 7.93. The van der Waals surface area contributed by atoms with Gasteiger partial charge in [0.2, 0.25) is 0 Å². The number of benzene rings is 2. The fourth-order valence-corrected chi connectivity index (χ4v) is 5.39. The molecule has 0 bridgehead atoms. The van der Waals surface area contributed by atoms with Crippen molar-refractivity contribution in [2.45, 2.75) is 51.4 Å². The van der Waals surface area contributed by atoms with Crippen LogP contribution in [0.2, 0.25) is 0 Å². The van der Waals surface area contributed by atoms with E-state index in [9.17, 15) is 28.1 Å². The molecule has 1 atom stereocenters. The molecule has 6 rings (SSSR count). The van der Waals surface area contributed by atoms with Crippen molar-refractivity contribution in [3.63, 3.8) is 0 Å². The maximum absolute atomic E-state index is 14.8. The number of halogens is 4. The summed E-state index contributed by atoms with van der Waals surface area (Å²) in [5.74, 6) is -0.514. The minimum absolute atomic E-state index is 0.114. The predicted octanol–water partition coefficient (Wildman–Crippen LogP) is 6.97. The molecule has 228 valence electrons. The Kier molecular flexibility index (Phi) is 7.08. The third kappa shape index (κ3) is 5.35. The van der Waals surface area contributed by atoms with Gasteiger partial charge in [-0.2, -0.15) is 23.7 Å². The number of aromatic nitrogens is 5. The largest absolute Gasteiger partial charge is 0.413 e. The van der Waals surface area contributed by atoms with Gasteiger partial charge in [0.05, 0.1) is 34.6 Å². The Hall–Kier alpha value is -5.30. The van der Waals surface area contributed by atoms with Crippen LogP contribution in [0.5, 0.6) is 0 Å². The lowest BCUT2D eigenvalue weighted by Gasteiger charge is -2.23. The van der Waals surface area contributed by atoms with Crippen molar-refractivity contribution in [2.75, 3.05) is 17.2 Å². The Bertz CT molecular complexity index is 2030. The summed E-state index contributed by atoms with van der Waals surface area (Å²) < 4.78 is 57.6. The molecule has 3 aromatic heterocycles. The first-order valence-corrected chi connectivity index (χ1v) is 14.1. The van der Waals surface area contributed by atoms with Crippen LogP contribution in [0, 0.1) is 33.9 Å². The van der Waals surface area contributed by atoms with Gasteiger partial charge in [0.25, 0.3) is 0 Å². The molecule has 1 fully saturated rings. The summed E-state index contributed by atoms with van der Waals surface area (Å²) in [6, 6.07) is 11.1. The minimum atomic E-state index is -4.52. The van der Waals surface area contributed by atoms with Crippen LogP contribution in [-0.2, 0) is 5.54 Å². The van der Waals surface area contributed by atoms with E-state index in [0.29, 0.717) is 39.8 Å². The zero-order valence-electron chi connectivity index (χ0n) is 24.5. The molecule has 0 saturated heterocycles. The van der Waals surface area contributed by atoms with E-state index in [-0.39, 0.29) is 40.5 Å². The Labute approximate surface area is 255 Å². The quantitative estimate of drug-likeness (QED) is 0.189. The Morgan fingerprint density at radius 1 is 1.00 bits per heavy atom. The molecule has 5 aromatic rings. The highest BCUT2D eigenvalue weighted by Gasteiger charge is 2.66. The van der Waals surface area contributed by atoms with Gasteiger partial charge in [0.1, 0.15) is 23.6 Å². The van der Waals surface area contributed by atoms with E-state index in [1.165, 1.54) is 36.9 Å². The molecular formula is C32H27F4N9. The first-order valence-electron chi connectivity index (χ1n) is 14.1. The highest BCUT2D eigenvalue weighted by Crippen LogP contribution is 2.55. The highest BCUT2D eigenvalue weighted by molar-refractivity contribution is 5.99. The predicted molar refractivity (Wildman–Crippen MR) is 160 cm³/mol. The monoisotopic (exact) mass is 613 g/mol. The first kappa shape index (κ1) is 29.8. The second-order valence-electron chi connectivity index (χ2n) is 12.4. The standard InChI is InChI=1S/C32H27F4N9/c1-30(2,3)17-41-28-19(13-38)14-40-27-18(12-37)10-20(11-23(27)28)42-29(22-4-5-25(33)24-15-39-9-6-21(22)24)26-16-45(44-43-26)31(7-8-31)32(34,35)36/h4-6,9-11,14-16,29,42H,7-8,17H2,1-3H3,(H,40,41)/t29-/m0/s1. The van der Waals surface area contributed by atoms with Crippen LogP contribution in [0.25, 0.3) is 21.7 Å². The molecule has 0 radical (unpaired) electrons. The molecule has 0 spiro atoms. The summed E-state index contributed by atoms with van der Waals surface area (Å²) in [5.41, 5.74) is 0.170. The van der Waals surface area contributed by atoms with Crippen molar-refractivity contribution >= 4 is 33.1 Å². The number of anilines is 2. The lowest BCUT2D eigenvalue weighted by Crippen LogP contribution is -2.35. The van der Waals surface area contributed by atoms with Crippen LogP contribution in [0.4, 0.5) is 28.9 Å². The molecule has 1 aliphatic rings. The first-order chi connectivity index (χ1) is 21.3. The average Bonchev–Trinajstić information content (AvgIpc) is 3.69. The van der Waals surface area contributed by atoms with Crippen LogP contribution >= 0.6 is 0 Å². The second kappa shape index (κ2) is 10.7. The molecule has 45 heavy (non-hydrogen) atoms. The van der Waals surface area contributed by atoms with Gasteiger partial charge in [-0.15, -0.1) is 5.10 Å². The van der Waals surface area contributed by atoms with Crippen molar-refractivity contribution in [3.8, 4) is 12.1 Å². The number of nitrogens with zero attached hydrogens (tertiary/aromatic N) is 7. The van der Waals surface area contributed by atoms with Crippen molar-refractivity contribution in [1.29, 1.82) is 10.5 Å². The second-order valence-corrected chi connectivity index (χ2v) is 12.4. The van der Waals surface area contributed by atoms with Crippen LogP contribution in [0.1, 0.15) is 62.0 Å². The topological polar surface area (TPSA) is 128 Å². The van der Waals surface area contributed by atoms with E-state index in [1.807, 2.05) is 20.8 Å². The highest BCUT2D eigenvalue weighted by atomic mass is 19.4. The van der Waals surface area contributed by atoms with Gasteiger partial charge in [-0.3, -0.25) is 9.97 Å². The summed E-state index contributed by atoms with van der Waals surface area (Å²) in [7, 11) is 0. The zero-order valence-corrected chi connectivity index (χ0v) is 24.5. The van der Waals surface area contributed by atoms with Crippen molar-refractivity contribution in [2.24, 2.45) is 5.41 Å². The van der Waals surface area contributed by atoms with Gasteiger partial charge < -0.3 is 10.6 Å². The maximum Gasteiger partial charge on any atom is 0.413 e. The molecule has 1 aliphatic carbocycles. The lowest BCUT2D eigenvalue weighted by molar-refractivity contribution is -0.182. The maximum atomic E-state index is 14.8. The van der Waals surface area contributed by atoms with E-state index in [1.54, 1.807) is 18.2 Å². The SMILES string of the molecule is CC(C)(C)CNc1c(C#N)cnc2c(C#N)cc(N[C@H](c3cn(C4(C(F)(F)F)CC4)nn3)c3ccc(F)c4cnccc34)cc12. The van der Waals surface area contributed by atoms with Crippen molar-refractivity contribution < 1.29 is 17.6 Å². The van der Waals surface area contributed by atoms with Gasteiger partial charge in [0.15, 0.2) is 5.54 Å². The molecule has 3 heterocycles. The molecule has 1 saturated carbocycles. The normalized spacial score (nSPS) is 15.0. The van der Waals surface area contributed by atoms with Gasteiger partial charge in [-0.05, 0) is 53.5 Å². The van der Waals surface area contributed by atoms with Crippen LogP contribution in [0.15, 0.2) is 55.1 Å². The summed E-state index contributed by atoms with van der Waals surface area (Å²) in [5, 5.41) is 35.8. The Morgan fingerprint density at radius 2 is 1.76 bits per heavy atom. The van der Waals surface area contributed by atoms with E-state index in [0.717, 1.165) is 4.68 Å².